The molecule has 0 aromatic rings. The van der Waals surface area contributed by atoms with Crippen LogP contribution in [-0.2, 0) is 0 Å². The Balaban J connectivity index is 3.20. The van der Waals surface area contributed by atoms with Crippen molar-refractivity contribution in [2.45, 2.75) is 33.6 Å². The highest BCUT2D eigenvalue weighted by atomic mass is 13.8. The van der Waals surface area contributed by atoms with E-state index in [4.69, 9.17) is 0 Å². The van der Waals surface area contributed by atoms with Crippen molar-refractivity contribution < 1.29 is 0 Å². The van der Waals surface area contributed by atoms with Gasteiger partial charge in [-0.05, 0) is 20.3 Å². The maximum absolute atomic E-state index is 3.05. The van der Waals surface area contributed by atoms with Crippen molar-refractivity contribution in [2.75, 3.05) is 0 Å². The van der Waals surface area contributed by atoms with Crippen LogP contribution in [0.2, 0.25) is 0 Å². The van der Waals surface area contributed by atoms with Crippen LogP contribution in [-0.4, -0.2) is 0 Å². The molecule has 0 N–H and O–H groups in total. The fraction of sp³-hybridized carbons (Fsp3) is 0.625. The molecule has 8 heavy (non-hydrogen) atoms. The van der Waals surface area contributed by atoms with E-state index < -0.39 is 0 Å². The summed E-state index contributed by atoms with van der Waals surface area (Å²) in [4.78, 5) is 0. The maximum Gasteiger partial charge on any atom is 0.0418 e. The molecule has 0 atom stereocenters. The maximum atomic E-state index is 3.05. The normalized spacial score (nSPS) is 8.50. The predicted molar refractivity (Wildman–Crippen MR) is 37.3 cm³/mol. The van der Waals surface area contributed by atoms with Crippen LogP contribution in [0.25, 0.3) is 0 Å². The zero-order valence-corrected chi connectivity index (χ0v) is 5.91. The Hall–Kier alpha value is -0.440. The molecule has 0 aliphatic rings. The zero-order valence-electron chi connectivity index (χ0n) is 5.91. The van der Waals surface area contributed by atoms with Gasteiger partial charge in [-0.15, -0.1) is 5.92 Å². The Kier molecular flexibility index (Phi) is 4.45. The van der Waals surface area contributed by atoms with Gasteiger partial charge >= 0.3 is 0 Å². The molecule has 0 aliphatic heterocycles. The molecular weight excluding hydrogens is 96.1 g/mol. The summed E-state index contributed by atoms with van der Waals surface area (Å²) in [6.45, 7) is 6.20. The highest BCUT2D eigenvalue weighted by Gasteiger charge is 1.79. The summed E-state index contributed by atoms with van der Waals surface area (Å²) in [6.07, 6.45) is 2.20. The summed E-state index contributed by atoms with van der Waals surface area (Å²) in [5.41, 5.74) is 0. The average molecular weight is 109 g/mol. The quantitative estimate of drug-likeness (QED) is 0.453. The largest absolute Gasteiger partial charge is 0.103 e. The van der Waals surface area contributed by atoms with Crippen LogP contribution in [0.1, 0.15) is 33.6 Å². The van der Waals surface area contributed by atoms with Gasteiger partial charge in [0, 0.05) is 12.3 Å². The highest BCUT2D eigenvalue weighted by Crippen LogP contribution is 1.90. The van der Waals surface area contributed by atoms with Crippen LogP contribution in [0.15, 0.2) is 0 Å². The molecule has 0 saturated carbocycles. The molecule has 0 fully saturated rings. The first-order chi connectivity index (χ1) is 3.77. The van der Waals surface area contributed by atoms with Gasteiger partial charge in [-0.2, -0.15) is 0 Å². The van der Waals surface area contributed by atoms with Gasteiger partial charge < -0.3 is 0 Å². The van der Waals surface area contributed by atoms with Gasteiger partial charge in [-0.1, -0.05) is 12.8 Å². The van der Waals surface area contributed by atoms with Gasteiger partial charge in [0.1, 0.15) is 0 Å². The van der Waals surface area contributed by atoms with Gasteiger partial charge in [-0.25, -0.2) is 0 Å². The van der Waals surface area contributed by atoms with E-state index in [1.165, 1.54) is 12.3 Å². The van der Waals surface area contributed by atoms with Crippen LogP contribution in [0.5, 0.6) is 0 Å². The molecule has 1 radical (unpaired) electrons. The Labute approximate surface area is 52.3 Å². The standard InChI is InChI=1S/C8H13/c1-4-5-6-7-8(2)3/h4-5H2,1-3H3. The van der Waals surface area contributed by atoms with Crippen LogP contribution in [0, 0.1) is 17.8 Å². The van der Waals surface area contributed by atoms with Crippen LogP contribution < -0.4 is 0 Å². The van der Waals surface area contributed by atoms with E-state index in [2.05, 4.69) is 18.8 Å². The molecule has 0 amide bonds. The van der Waals surface area contributed by atoms with Crippen LogP contribution in [0.3, 0.4) is 0 Å². The monoisotopic (exact) mass is 109 g/mol. The molecular formula is C8H13. The lowest BCUT2D eigenvalue weighted by molar-refractivity contribution is 0.981. The number of unbranched alkanes of at least 4 members (excludes halogenated alkanes) is 1. The van der Waals surface area contributed by atoms with E-state index in [0.717, 1.165) is 6.42 Å². The minimum atomic E-state index is 1.03. The third-order valence-corrected chi connectivity index (χ3v) is 0.713. The zero-order chi connectivity index (χ0) is 6.41. The molecule has 0 aliphatic carbocycles. The van der Waals surface area contributed by atoms with E-state index in [-0.39, 0.29) is 0 Å². The summed E-state index contributed by atoms with van der Waals surface area (Å²) in [7, 11) is 0. The summed E-state index contributed by atoms with van der Waals surface area (Å²) in [5.74, 6) is 7.27. The van der Waals surface area contributed by atoms with Crippen LogP contribution in [0.4, 0.5) is 0 Å². The average Bonchev–Trinajstić information content (AvgIpc) is 1.66. The lowest BCUT2D eigenvalue weighted by Gasteiger charge is -1.84. The lowest BCUT2D eigenvalue weighted by atomic mass is 10.2. The van der Waals surface area contributed by atoms with Crippen molar-refractivity contribution in [3.63, 3.8) is 0 Å². The minimum Gasteiger partial charge on any atom is -0.103 e. The first kappa shape index (κ1) is 7.56. The molecule has 0 nitrogen and oxygen atoms in total. The molecule has 0 unspecified atom stereocenters. The fourth-order valence-electron chi connectivity index (χ4n) is 0.364. The highest BCUT2D eigenvalue weighted by molar-refractivity contribution is 5.16. The van der Waals surface area contributed by atoms with Gasteiger partial charge in [0.15, 0.2) is 0 Å². The van der Waals surface area contributed by atoms with Crippen LogP contribution >= 0.6 is 0 Å². The molecule has 0 heteroatoms. The van der Waals surface area contributed by atoms with E-state index >= 15 is 0 Å². The van der Waals surface area contributed by atoms with Gasteiger partial charge in [0.2, 0.25) is 0 Å². The molecule has 0 aromatic heterocycles. The molecule has 0 rings (SSSR count). The van der Waals surface area contributed by atoms with Gasteiger partial charge in [-0.3, -0.25) is 0 Å². The fourth-order valence-corrected chi connectivity index (χ4v) is 0.364. The van der Waals surface area contributed by atoms with E-state index in [0.29, 0.717) is 0 Å². The Morgan fingerprint density at radius 2 is 2.00 bits per heavy atom. The molecule has 45 valence electrons. The van der Waals surface area contributed by atoms with Crippen molar-refractivity contribution >= 4 is 0 Å². The first-order valence-corrected chi connectivity index (χ1v) is 3.06. The van der Waals surface area contributed by atoms with Gasteiger partial charge in [0.25, 0.3) is 0 Å². The van der Waals surface area contributed by atoms with Crippen molar-refractivity contribution in [1.29, 1.82) is 0 Å². The topological polar surface area (TPSA) is 0 Å². The SMILES string of the molecule is CCCC#C[C](C)C. The third kappa shape index (κ3) is 5.56. The smallest absolute Gasteiger partial charge is 0.0418 e. The second-order valence-electron chi connectivity index (χ2n) is 2.05. The van der Waals surface area contributed by atoms with Gasteiger partial charge in [0.05, 0.1) is 0 Å². The molecule has 0 saturated heterocycles. The summed E-state index contributed by atoms with van der Waals surface area (Å²) >= 11 is 0. The lowest BCUT2D eigenvalue weighted by Crippen LogP contribution is -1.73. The molecule has 0 spiro atoms. The molecule has 0 aromatic carbocycles. The second kappa shape index (κ2) is 4.71. The van der Waals surface area contributed by atoms with Crippen molar-refractivity contribution in [2.24, 2.45) is 0 Å². The van der Waals surface area contributed by atoms with Crippen molar-refractivity contribution in [3.8, 4) is 11.8 Å². The third-order valence-electron chi connectivity index (χ3n) is 0.713. The van der Waals surface area contributed by atoms with Crippen molar-refractivity contribution in [1.82, 2.24) is 0 Å². The van der Waals surface area contributed by atoms with E-state index in [1.54, 1.807) is 0 Å². The molecule has 0 bridgehead atoms. The first-order valence-electron chi connectivity index (χ1n) is 3.06. The predicted octanol–water partition coefficient (Wildman–Crippen LogP) is 2.40. The summed E-state index contributed by atoms with van der Waals surface area (Å²) in [5, 5.41) is 0. The number of hydrogen-bond acceptors (Lipinski definition) is 0. The number of hydrogen-bond donors (Lipinski definition) is 0. The Bertz CT molecular complexity index is 90.3. The second-order valence-corrected chi connectivity index (χ2v) is 2.05. The molecule has 0 heterocycles. The summed E-state index contributed by atoms with van der Waals surface area (Å²) < 4.78 is 0. The number of rotatable bonds is 1. The van der Waals surface area contributed by atoms with Crippen molar-refractivity contribution in [3.05, 3.63) is 5.92 Å². The van der Waals surface area contributed by atoms with E-state index in [9.17, 15) is 0 Å². The summed E-state index contributed by atoms with van der Waals surface area (Å²) in [6, 6.07) is 0. The Morgan fingerprint density at radius 1 is 1.38 bits per heavy atom. The minimum absolute atomic E-state index is 1.03. The Morgan fingerprint density at radius 3 is 2.38 bits per heavy atom. The van der Waals surface area contributed by atoms with E-state index in [1.807, 2.05) is 13.8 Å².